The topological polar surface area (TPSA) is 90.7 Å². The number of hydrogen-bond acceptors (Lipinski definition) is 6. The van der Waals surface area contributed by atoms with Crippen molar-refractivity contribution in [2.24, 2.45) is 0 Å². The second-order valence-electron chi connectivity index (χ2n) is 8.63. The molecule has 3 aromatic rings. The van der Waals surface area contributed by atoms with Crippen molar-refractivity contribution in [2.75, 3.05) is 19.7 Å². The zero-order chi connectivity index (χ0) is 25.8. The van der Waals surface area contributed by atoms with Crippen molar-refractivity contribution in [3.8, 4) is 17.0 Å². The molecule has 0 bridgehead atoms. The van der Waals surface area contributed by atoms with E-state index < -0.39 is 11.9 Å². The molecule has 0 N–H and O–H groups in total. The van der Waals surface area contributed by atoms with Gasteiger partial charge in [0.05, 0.1) is 18.3 Å². The molecular weight excluding hydrogens is 465 g/mol. The van der Waals surface area contributed by atoms with Gasteiger partial charge in [-0.05, 0) is 69.2 Å². The monoisotopic (exact) mass is 493 g/mol. The Bertz CT molecular complexity index is 1280. The minimum Gasteiger partial charge on any atom is -0.461 e. The third-order valence-corrected chi connectivity index (χ3v) is 6.23. The van der Waals surface area contributed by atoms with Crippen LogP contribution in [0.3, 0.4) is 0 Å². The molecule has 0 aliphatic carbocycles. The minimum absolute atomic E-state index is 0.0641. The van der Waals surface area contributed by atoms with Crippen molar-refractivity contribution in [2.45, 2.75) is 39.7 Å². The summed E-state index contributed by atoms with van der Waals surface area (Å²) < 4.78 is 25.6. The summed E-state index contributed by atoms with van der Waals surface area (Å²) >= 11 is 0. The number of likely N-dealkylation sites (tertiary alicyclic amines) is 1. The van der Waals surface area contributed by atoms with Crippen LogP contribution in [-0.4, -0.2) is 52.2 Å². The van der Waals surface area contributed by atoms with Gasteiger partial charge in [-0.25, -0.2) is 9.18 Å². The highest BCUT2D eigenvalue weighted by molar-refractivity contribution is 5.96. The lowest BCUT2D eigenvalue weighted by Gasteiger charge is -2.33. The molecule has 36 heavy (non-hydrogen) atoms. The Hall–Kier alpha value is -4.01. The molecule has 0 radical (unpaired) electrons. The van der Waals surface area contributed by atoms with Gasteiger partial charge >= 0.3 is 11.9 Å². The van der Waals surface area contributed by atoms with Gasteiger partial charge in [0, 0.05) is 36.7 Å². The standard InChI is InChI=1S/C27H28FN3O5/c1-4-35-27(34)23-16-24(19-8-10-20(28)11-9-19)31(29-23)21-12-14-30(15-13-21)26(33)22-6-5-7-25(17(22)2)36-18(3)32/h5-11,16,21H,4,12-15H2,1-3H3. The smallest absolute Gasteiger partial charge is 0.358 e. The molecule has 1 saturated heterocycles. The molecule has 9 heteroatoms. The van der Waals surface area contributed by atoms with Gasteiger partial charge in [0.15, 0.2) is 5.69 Å². The van der Waals surface area contributed by atoms with Gasteiger partial charge in [0.2, 0.25) is 0 Å². The lowest BCUT2D eigenvalue weighted by molar-refractivity contribution is -0.131. The van der Waals surface area contributed by atoms with Crippen LogP contribution in [0.5, 0.6) is 5.75 Å². The van der Waals surface area contributed by atoms with Crippen molar-refractivity contribution in [1.82, 2.24) is 14.7 Å². The van der Waals surface area contributed by atoms with Crippen LogP contribution in [0.1, 0.15) is 59.1 Å². The fraction of sp³-hybridized carbons (Fsp3) is 0.333. The summed E-state index contributed by atoms with van der Waals surface area (Å²) in [5.41, 5.74) is 2.71. The van der Waals surface area contributed by atoms with Gasteiger partial charge in [0.1, 0.15) is 11.6 Å². The highest BCUT2D eigenvalue weighted by atomic mass is 19.1. The first-order valence-electron chi connectivity index (χ1n) is 11.9. The number of halogens is 1. The van der Waals surface area contributed by atoms with Crippen LogP contribution in [-0.2, 0) is 9.53 Å². The van der Waals surface area contributed by atoms with Crippen molar-refractivity contribution in [3.63, 3.8) is 0 Å². The number of amides is 1. The normalized spacial score (nSPS) is 13.9. The van der Waals surface area contributed by atoms with Gasteiger partial charge in [-0.1, -0.05) is 6.07 Å². The zero-order valence-electron chi connectivity index (χ0n) is 20.5. The van der Waals surface area contributed by atoms with Crippen LogP contribution < -0.4 is 4.74 Å². The van der Waals surface area contributed by atoms with Crippen molar-refractivity contribution >= 4 is 17.8 Å². The van der Waals surface area contributed by atoms with Gasteiger partial charge in [-0.3, -0.25) is 14.3 Å². The van der Waals surface area contributed by atoms with Crippen molar-refractivity contribution in [3.05, 3.63) is 71.2 Å². The molecule has 1 fully saturated rings. The van der Waals surface area contributed by atoms with Crippen LogP contribution in [0.4, 0.5) is 4.39 Å². The number of carbonyl (C=O) groups excluding carboxylic acids is 3. The molecule has 188 valence electrons. The molecule has 1 aliphatic heterocycles. The number of piperidine rings is 1. The summed E-state index contributed by atoms with van der Waals surface area (Å²) in [5, 5.41) is 4.53. The quantitative estimate of drug-likeness (QED) is 0.369. The summed E-state index contributed by atoms with van der Waals surface area (Å²) in [6.45, 7) is 6.01. The molecule has 1 amide bonds. The molecule has 1 aliphatic rings. The lowest BCUT2D eigenvalue weighted by atomic mass is 10.0. The number of benzene rings is 2. The maximum absolute atomic E-state index is 13.5. The van der Waals surface area contributed by atoms with Gasteiger partial charge in [-0.15, -0.1) is 0 Å². The third kappa shape index (κ3) is 5.30. The largest absolute Gasteiger partial charge is 0.461 e. The summed E-state index contributed by atoms with van der Waals surface area (Å²) in [6, 6.07) is 12.7. The van der Waals surface area contributed by atoms with Crippen LogP contribution in [0, 0.1) is 12.7 Å². The van der Waals surface area contributed by atoms with E-state index in [0.717, 1.165) is 5.56 Å². The number of ether oxygens (including phenoxy) is 2. The van der Waals surface area contributed by atoms with Crippen LogP contribution >= 0.6 is 0 Å². The number of hydrogen-bond donors (Lipinski definition) is 0. The average molecular weight is 494 g/mol. The van der Waals surface area contributed by atoms with E-state index in [1.54, 1.807) is 59.8 Å². The summed E-state index contributed by atoms with van der Waals surface area (Å²) in [4.78, 5) is 38.8. The van der Waals surface area contributed by atoms with E-state index in [-0.39, 0.29) is 30.1 Å². The highest BCUT2D eigenvalue weighted by Gasteiger charge is 2.29. The predicted molar refractivity (Wildman–Crippen MR) is 130 cm³/mol. The van der Waals surface area contributed by atoms with Crippen LogP contribution in [0.15, 0.2) is 48.5 Å². The van der Waals surface area contributed by atoms with E-state index in [9.17, 15) is 18.8 Å². The second kappa shape index (κ2) is 10.7. The molecule has 1 aromatic heterocycles. The van der Waals surface area contributed by atoms with Gasteiger partial charge in [0.25, 0.3) is 5.91 Å². The van der Waals surface area contributed by atoms with E-state index >= 15 is 0 Å². The molecule has 2 heterocycles. The Morgan fingerprint density at radius 2 is 1.78 bits per heavy atom. The Morgan fingerprint density at radius 3 is 2.42 bits per heavy atom. The number of carbonyl (C=O) groups is 3. The molecule has 0 atom stereocenters. The SMILES string of the molecule is CCOC(=O)c1cc(-c2ccc(F)cc2)n(C2CCN(C(=O)c3cccc(OC(C)=O)c3C)CC2)n1. The van der Waals surface area contributed by atoms with Crippen LogP contribution in [0.2, 0.25) is 0 Å². The fourth-order valence-electron chi connectivity index (χ4n) is 4.41. The molecule has 8 nitrogen and oxygen atoms in total. The van der Waals surface area contributed by atoms with Gasteiger partial charge in [-0.2, -0.15) is 5.10 Å². The molecule has 2 aromatic carbocycles. The second-order valence-corrected chi connectivity index (χ2v) is 8.63. The first kappa shape index (κ1) is 25.1. The average Bonchev–Trinajstić information content (AvgIpc) is 3.31. The van der Waals surface area contributed by atoms with E-state index in [1.165, 1.54) is 19.1 Å². The molecular formula is C27H28FN3O5. The van der Waals surface area contributed by atoms with Crippen molar-refractivity contribution in [1.29, 1.82) is 0 Å². The molecule has 0 spiro atoms. The molecule has 4 rings (SSSR count). The third-order valence-electron chi connectivity index (χ3n) is 6.23. The number of aromatic nitrogens is 2. The van der Waals surface area contributed by atoms with E-state index in [2.05, 4.69) is 5.10 Å². The molecule has 0 unspecified atom stereocenters. The Kier molecular flexibility index (Phi) is 7.47. The minimum atomic E-state index is -0.518. The predicted octanol–water partition coefficient (Wildman–Crippen LogP) is 4.58. The Morgan fingerprint density at radius 1 is 1.08 bits per heavy atom. The molecule has 0 saturated carbocycles. The lowest BCUT2D eigenvalue weighted by Crippen LogP contribution is -2.39. The summed E-state index contributed by atoms with van der Waals surface area (Å²) in [7, 11) is 0. The summed E-state index contributed by atoms with van der Waals surface area (Å²) in [5.74, 6) is -1.07. The van der Waals surface area contributed by atoms with Crippen molar-refractivity contribution < 1.29 is 28.2 Å². The first-order valence-corrected chi connectivity index (χ1v) is 11.9. The Balaban J connectivity index is 1.54. The number of rotatable bonds is 6. The number of nitrogens with zero attached hydrogens (tertiary/aromatic N) is 3. The maximum Gasteiger partial charge on any atom is 0.358 e. The van der Waals surface area contributed by atoms with Crippen LogP contribution in [0.25, 0.3) is 11.3 Å². The summed E-state index contributed by atoms with van der Waals surface area (Å²) in [6.07, 6.45) is 1.24. The van der Waals surface area contributed by atoms with E-state index in [1.807, 2.05) is 0 Å². The van der Waals surface area contributed by atoms with E-state index in [0.29, 0.717) is 48.5 Å². The van der Waals surface area contributed by atoms with E-state index in [4.69, 9.17) is 9.47 Å². The first-order chi connectivity index (χ1) is 17.3. The highest BCUT2D eigenvalue weighted by Crippen LogP contribution is 2.31. The van der Waals surface area contributed by atoms with Gasteiger partial charge < -0.3 is 14.4 Å². The maximum atomic E-state index is 13.5. The zero-order valence-corrected chi connectivity index (χ0v) is 20.5. The fourth-order valence-corrected chi connectivity index (χ4v) is 4.41. The number of esters is 2. The Labute approximate surface area is 208 Å².